The minimum absolute atomic E-state index is 0. The molecule has 19 heavy (non-hydrogen) atoms. The summed E-state index contributed by atoms with van der Waals surface area (Å²) < 4.78 is 5.06. The number of hydrogen-bond donors (Lipinski definition) is 0. The first-order chi connectivity index (χ1) is 8.69. The van der Waals surface area contributed by atoms with Gasteiger partial charge in [-0.2, -0.15) is 5.26 Å². The summed E-state index contributed by atoms with van der Waals surface area (Å²) in [6.07, 6.45) is 2.68. The number of halogens is 1. The van der Waals surface area contributed by atoms with Gasteiger partial charge in [0.05, 0.1) is 11.6 Å². The molecule has 1 aromatic heterocycles. The third-order valence-corrected chi connectivity index (χ3v) is 2.22. The van der Waals surface area contributed by atoms with Crippen molar-refractivity contribution < 1.29 is 62.3 Å². The zero-order valence-corrected chi connectivity index (χ0v) is 13.9. The number of nitrogens with zero attached hydrogens (tertiary/aromatic N) is 3. The van der Waals surface area contributed by atoms with Gasteiger partial charge < -0.3 is 6.16 Å². The van der Waals surface area contributed by atoms with Gasteiger partial charge in [0, 0.05) is 11.2 Å². The van der Waals surface area contributed by atoms with Gasteiger partial charge in [-0.3, -0.25) is 0 Å². The average molecular weight is 300 g/mol. The van der Waals surface area contributed by atoms with Gasteiger partial charge in [0.25, 0.3) is 0 Å². The Bertz CT molecular complexity index is 634. The first-order valence-corrected chi connectivity index (χ1v) is 5.26. The summed E-state index contributed by atoms with van der Waals surface area (Å²) in [6.45, 7) is 0. The Hall–Kier alpha value is -0.814. The van der Waals surface area contributed by atoms with Crippen molar-refractivity contribution in [2.75, 3.05) is 0 Å². The number of nitriles is 1. The standard InChI is InChI=1S/C12H6ClN3O2.K.H/c13-9-3-8(6-14)4-10(5-9)18-12(17)11-1-2-15-7-16-11;;/h1-5,7H;;/q;+1;-1. The Morgan fingerprint density at radius 1 is 1.42 bits per heavy atom. The van der Waals surface area contributed by atoms with E-state index in [9.17, 15) is 4.79 Å². The van der Waals surface area contributed by atoms with Gasteiger partial charge in [-0.1, -0.05) is 11.6 Å². The van der Waals surface area contributed by atoms with Crippen molar-refractivity contribution in [1.82, 2.24) is 9.97 Å². The van der Waals surface area contributed by atoms with E-state index in [1.807, 2.05) is 6.07 Å². The molecule has 0 N–H and O–H groups in total. The van der Waals surface area contributed by atoms with Gasteiger partial charge in [0.1, 0.15) is 12.1 Å². The van der Waals surface area contributed by atoms with Crippen LogP contribution in [-0.4, -0.2) is 15.9 Å². The first kappa shape index (κ1) is 16.2. The van der Waals surface area contributed by atoms with E-state index in [1.165, 1.54) is 36.8 Å². The summed E-state index contributed by atoms with van der Waals surface area (Å²) in [5.74, 6) is -0.439. The fraction of sp³-hybridized carbons (Fsp3) is 0. The molecule has 0 aliphatic heterocycles. The number of carbonyl (C=O) groups excluding carboxylic acids is 1. The second-order valence-corrected chi connectivity index (χ2v) is 3.71. The molecule has 2 rings (SSSR count). The van der Waals surface area contributed by atoms with E-state index in [-0.39, 0.29) is 64.3 Å². The third kappa shape index (κ3) is 4.65. The van der Waals surface area contributed by atoms with Gasteiger partial charge in [-0.05, 0) is 24.3 Å². The smallest absolute Gasteiger partial charge is 1.00 e. The molecular formula is C12H7ClKN3O2. The Labute approximate surface area is 158 Å². The number of benzene rings is 1. The molecule has 0 spiro atoms. The Morgan fingerprint density at radius 2 is 2.21 bits per heavy atom. The largest absolute Gasteiger partial charge is 1.00 e. The average Bonchev–Trinajstić information content (AvgIpc) is 2.39. The van der Waals surface area contributed by atoms with Gasteiger partial charge in [0.2, 0.25) is 0 Å². The van der Waals surface area contributed by atoms with Crippen molar-refractivity contribution in [1.29, 1.82) is 5.26 Å². The number of rotatable bonds is 2. The minimum Gasteiger partial charge on any atom is -1.00 e. The van der Waals surface area contributed by atoms with Crippen LogP contribution in [-0.2, 0) is 0 Å². The van der Waals surface area contributed by atoms with Crippen molar-refractivity contribution in [2.45, 2.75) is 0 Å². The van der Waals surface area contributed by atoms with Crippen LogP contribution in [0.4, 0.5) is 0 Å². The molecule has 1 aromatic carbocycles. The molecule has 5 nitrogen and oxygen atoms in total. The molecule has 0 unspecified atom stereocenters. The second kappa shape index (κ2) is 7.70. The van der Waals surface area contributed by atoms with Crippen LogP contribution in [0.2, 0.25) is 5.02 Å². The normalized spacial score (nSPS) is 9.05. The maximum absolute atomic E-state index is 11.7. The van der Waals surface area contributed by atoms with E-state index in [0.717, 1.165) is 0 Å². The van der Waals surface area contributed by atoms with Gasteiger partial charge >= 0.3 is 57.4 Å². The van der Waals surface area contributed by atoms with Crippen LogP contribution < -0.4 is 56.1 Å². The van der Waals surface area contributed by atoms with Crippen LogP contribution >= 0.6 is 11.6 Å². The fourth-order valence-corrected chi connectivity index (χ4v) is 1.48. The summed E-state index contributed by atoms with van der Waals surface area (Å²) in [7, 11) is 0. The van der Waals surface area contributed by atoms with E-state index in [0.29, 0.717) is 10.6 Å². The summed E-state index contributed by atoms with van der Waals surface area (Å²) in [4.78, 5) is 19.1. The van der Waals surface area contributed by atoms with Crippen LogP contribution in [0.15, 0.2) is 36.8 Å². The number of ether oxygens (including phenoxy) is 1. The summed E-state index contributed by atoms with van der Waals surface area (Å²) >= 11 is 5.79. The van der Waals surface area contributed by atoms with Gasteiger partial charge in [-0.25, -0.2) is 14.8 Å². The van der Waals surface area contributed by atoms with Crippen molar-refractivity contribution in [3.8, 4) is 11.8 Å². The molecular weight excluding hydrogens is 293 g/mol. The Balaban J connectivity index is 0.00000180. The molecule has 90 valence electrons. The monoisotopic (exact) mass is 299 g/mol. The van der Waals surface area contributed by atoms with Crippen LogP contribution in [0.25, 0.3) is 0 Å². The van der Waals surface area contributed by atoms with E-state index < -0.39 is 5.97 Å². The van der Waals surface area contributed by atoms with Crippen LogP contribution in [0.1, 0.15) is 17.5 Å². The summed E-state index contributed by atoms with van der Waals surface area (Å²) in [6, 6.07) is 7.69. The van der Waals surface area contributed by atoms with Crippen molar-refractivity contribution >= 4 is 17.6 Å². The maximum atomic E-state index is 11.7. The molecule has 0 bridgehead atoms. The van der Waals surface area contributed by atoms with Crippen molar-refractivity contribution in [2.24, 2.45) is 0 Å². The number of aromatic nitrogens is 2. The molecule has 0 aliphatic rings. The number of hydrogen-bond acceptors (Lipinski definition) is 5. The van der Waals surface area contributed by atoms with E-state index in [4.69, 9.17) is 21.6 Å². The summed E-state index contributed by atoms with van der Waals surface area (Å²) in [5.41, 5.74) is 0.441. The van der Waals surface area contributed by atoms with Gasteiger partial charge in [0.15, 0.2) is 5.69 Å². The first-order valence-electron chi connectivity index (χ1n) is 4.88. The quantitative estimate of drug-likeness (QED) is 0.418. The van der Waals surface area contributed by atoms with Gasteiger partial charge in [-0.15, -0.1) is 0 Å². The molecule has 0 radical (unpaired) electrons. The molecule has 7 heteroatoms. The Morgan fingerprint density at radius 3 is 2.84 bits per heavy atom. The van der Waals surface area contributed by atoms with Crippen LogP contribution in [0, 0.1) is 11.3 Å². The molecule has 1 heterocycles. The number of carbonyl (C=O) groups is 1. The molecule has 2 aromatic rings. The van der Waals surface area contributed by atoms with Crippen molar-refractivity contribution in [3.05, 3.63) is 53.1 Å². The maximum Gasteiger partial charge on any atom is 1.00 e. The van der Waals surface area contributed by atoms with E-state index in [2.05, 4.69) is 9.97 Å². The number of esters is 1. The van der Waals surface area contributed by atoms with Crippen molar-refractivity contribution in [3.63, 3.8) is 0 Å². The molecule has 0 saturated carbocycles. The predicted octanol–water partition coefficient (Wildman–Crippen LogP) is -0.663. The third-order valence-electron chi connectivity index (χ3n) is 2.00. The Kier molecular flexibility index (Phi) is 6.58. The molecule has 0 saturated heterocycles. The zero-order chi connectivity index (χ0) is 13.0. The predicted molar refractivity (Wildman–Crippen MR) is 64.3 cm³/mol. The minimum atomic E-state index is -0.636. The fourth-order valence-electron chi connectivity index (χ4n) is 1.26. The molecule has 0 atom stereocenters. The zero-order valence-electron chi connectivity index (χ0n) is 11.0. The SMILES string of the molecule is N#Cc1cc(Cl)cc(OC(=O)c2ccncn2)c1.[H-].[K+]. The topological polar surface area (TPSA) is 75.9 Å². The van der Waals surface area contributed by atoms with E-state index in [1.54, 1.807) is 0 Å². The second-order valence-electron chi connectivity index (χ2n) is 3.27. The molecule has 0 amide bonds. The molecule has 0 aliphatic carbocycles. The van der Waals surface area contributed by atoms with Crippen LogP contribution in [0.5, 0.6) is 5.75 Å². The molecule has 0 fully saturated rings. The van der Waals surface area contributed by atoms with Crippen LogP contribution in [0.3, 0.4) is 0 Å². The van der Waals surface area contributed by atoms with E-state index >= 15 is 0 Å². The summed E-state index contributed by atoms with van der Waals surface area (Å²) in [5, 5.41) is 9.09.